The smallest absolute Gasteiger partial charge is 0.227 e. The molecule has 2 unspecified atom stereocenters. The monoisotopic (exact) mass is 331 g/mol. The number of benzene rings is 1. The number of hydrogen-bond acceptors (Lipinski definition) is 5. The van der Waals surface area contributed by atoms with Crippen LogP contribution >= 0.6 is 0 Å². The highest BCUT2D eigenvalue weighted by Gasteiger charge is 2.23. The molecule has 0 saturated heterocycles. The molecule has 0 spiro atoms. The number of amides is 1. The molecule has 122 valence electrons. The molecular formula is C14H18FNO5S. The van der Waals surface area contributed by atoms with E-state index in [0.29, 0.717) is 0 Å². The van der Waals surface area contributed by atoms with E-state index >= 15 is 0 Å². The van der Waals surface area contributed by atoms with Gasteiger partial charge >= 0.3 is 0 Å². The number of aliphatic hydroxyl groups is 1. The lowest BCUT2D eigenvalue weighted by Crippen LogP contribution is -2.41. The second-order valence-electron chi connectivity index (χ2n) is 4.99. The van der Waals surface area contributed by atoms with E-state index in [1.54, 1.807) is 0 Å². The van der Waals surface area contributed by atoms with Gasteiger partial charge in [-0.3, -0.25) is 9.59 Å². The van der Waals surface area contributed by atoms with Gasteiger partial charge in [-0.25, -0.2) is 12.8 Å². The molecule has 1 amide bonds. The van der Waals surface area contributed by atoms with Crippen LogP contribution in [-0.4, -0.2) is 44.2 Å². The number of nitrogens with one attached hydrogen (secondary N) is 1. The molecule has 2 N–H and O–H groups in total. The SMILES string of the molecule is CC(=O)CC(=O)NC(CF)C(O)c1ccc(S(C)(=O)=O)cc1. The quantitative estimate of drug-likeness (QED) is 0.711. The van der Waals surface area contributed by atoms with Crippen molar-refractivity contribution in [3.05, 3.63) is 29.8 Å². The largest absolute Gasteiger partial charge is 0.386 e. The van der Waals surface area contributed by atoms with Crippen LogP contribution in [-0.2, 0) is 19.4 Å². The number of carbonyl (C=O) groups is 2. The van der Waals surface area contributed by atoms with Crippen LogP contribution < -0.4 is 5.32 Å². The van der Waals surface area contributed by atoms with E-state index in [2.05, 4.69) is 5.32 Å². The van der Waals surface area contributed by atoms with Crippen molar-refractivity contribution in [2.24, 2.45) is 0 Å². The van der Waals surface area contributed by atoms with Crippen LogP contribution in [0, 0.1) is 0 Å². The first-order chi connectivity index (χ1) is 10.1. The molecule has 0 aliphatic carbocycles. The van der Waals surface area contributed by atoms with Crippen molar-refractivity contribution in [2.45, 2.75) is 30.4 Å². The van der Waals surface area contributed by atoms with E-state index in [4.69, 9.17) is 0 Å². The molecule has 8 heteroatoms. The minimum absolute atomic E-state index is 0.0702. The van der Waals surface area contributed by atoms with Crippen molar-refractivity contribution in [3.63, 3.8) is 0 Å². The topological polar surface area (TPSA) is 101 Å². The molecule has 2 atom stereocenters. The average Bonchev–Trinajstić information content (AvgIpc) is 2.42. The Bertz CT molecular complexity index is 642. The van der Waals surface area contributed by atoms with Crippen molar-refractivity contribution in [3.8, 4) is 0 Å². The van der Waals surface area contributed by atoms with E-state index < -0.39 is 41.0 Å². The number of alkyl halides is 1. The fourth-order valence-electron chi connectivity index (χ4n) is 1.83. The molecule has 0 saturated carbocycles. The second-order valence-corrected chi connectivity index (χ2v) is 7.01. The highest BCUT2D eigenvalue weighted by molar-refractivity contribution is 7.90. The lowest BCUT2D eigenvalue weighted by Gasteiger charge is -2.21. The molecule has 6 nitrogen and oxygen atoms in total. The van der Waals surface area contributed by atoms with E-state index in [1.807, 2.05) is 0 Å². The summed E-state index contributed by atoms with van der Waals surface area (Å²) in [4.78, 5) is 22.3. The number of hydrogen-bond donors (Lipinski definition) is 2. The predicted molar refractivity (Wildman–Crippen MR) is 77.7 cm³/mol. The molecule has 0 bridgehead atoms. The molecular weight excluding hydrogens is 313 g/mol. The van der Waals surface area contributed by atoms with E-state index in [-0.39, 0.29) is 16.2 Å². The third kappa shape index (κ3) is 5.19. The number of ketones is 1. The summed E-state index contributed by atoms with van der Waals surface area (Å²) in [5, 5.41) is 12.3. The van der Waals surface area contributed by atoms with Crippen LogP contribution in [0.4, 0.5) is 4.39 Å². The van der Waals surface area contributed by atoms with Gasteiger partial charge in [0.15, 0.2) is 9.84 Å². The number of carbonyl (C=O) groups excluding carboxylic acids is 2. The first-order valence-electron chi connectivity index (χ1n) is 6.48. The molecule has 1 aromatic rings. The summed E-state index contributed by atoms with van der Waals surface area (Å²) in [5.74, 6) is -1.05. The molecule has 0 radical (unpaired) electrons. The lowest BCUT2D eigenvalue weighted by atomic mass is 10.0. The lowest BCUT2D eigenvalue weighted by molar-refractivity contribution is -0.128. The molecule has 22 heavy (non-hydrogen) atoms. The van der Waals surface area contributed by atoms with Crippen LogP contribution in [0.5, 0.6) is 0 Å². The van der Waals surface area contributed by atoms with Gasteiger partial charge in [-0.15, -0.1) is 0 Å². The second kappa shape index (κ2) is 7.46. The Morgan fingerprint density at radius 2 is 1.82 bits per heavy atom. The zero-order valence-corrected chi connectivity index (χ0v) is 13.1. The van der Waals surface area contributed by atoms with Crippen molar-refractivity contribution < 1.29 is 27.5 Å². The van der Waals surface area contributed by atoms with Crippen molar-refractivity contribution in [1.29, 1.82) is 0 Å². The summed E-state index contributed by atoms with van der Waals surface area (Å²) in [6, 6.07) is 4.07. The summed E-state index contributed by atoms with van der Waals surface area (Å²) in [5.41, 5.74) is 0.262. The molecule has 0 heterocycles. The van der Waals surface area contributed by atoms with E-state index in [9.17, 15) is 27.5 Å². The summed E-state index contributed by atoms with van der Waals surface area (Å²) in [6.07, 6.45) is -0.699. The number of Topliss-reactive ketones (excluding diaryl/α,β-unsaturated/α-hetero) is 1. The first kappa shape index (κ1) is 18.2. The molecule has 1 aromatic carbocycles. The third-order valence-electron chi connectivity index (χ3n) is 2.95. The summed E-state index contributed by atoms with van der Waals surface area (Å²) in [7, 11) is -3.37. The van der Waals surface area contributed by atoms with Crippen LogP contribution in [0.2, 0.25) is 0 Å². The zero-order valence-electron chi connectivity index (χ0n) is 12.2. The zero-order chi connectivity index (χ0) is 16.9. The Kier molecular flexibility index (Phi) is 6.19. The van der Waals surface area contributed by atoms with Crippen molar-refractivity contribution in [2.75, 3.05) is 12.9 Å². The minimum atomic E-state index is -3.37. The van der Waals surface area contributed by atoms with Gasteiger partial charge in [0.1, 0.15) is 18.6 Å². The number of sulfone groups is 1. The summed E-state index contributed by atoms with van der Waals surface area (Å²) in [6.45, 7) is 0.197. The molecule has 0 aromatic heterocycles. The van der Waals surface area contributed by atoms with Gasteiger partial charge in [-0.05, 0) is 24.6 Å². The number of aliphatic hydroxyl groups excluding tert-OH is 1. The Labute approximate surface area is 128 Å². The fraction of sp³-hybridized carbons (Fsp3) is 0.429. The normalized spacial score (nSPS) is 14.2. The predicted octanol–water partition coefficient (Wildman–Crippen LogP) is 0.557. The maximum absolute atomic E-state index is 13.0. The van der Waals surface area contributed by atoms with Gasteiger partial charge in [-0.1, -0.05) is 12.1 Å². The van der Waals surface area contributed by atoms with Gasteiger partial charge in [0, 0.05) is 6.26 Å². The van der Waals surface area contributed by atoms with Gasteiger partial charge in [0.2, 0.25) is 5.91 Å². The van der Waals surface area contributed by atoms with Crippen LogP contribution in [0.1, 0.15) is 25.0 Å². The Balaban J connectivity index is 2.85. The van der Waals surface area contributed by atoms with E-state index in [1.165, 1.54) is 31.2 Å². The highest BCUT2D eigenvalue weighted by atomic mass is 32.2. The Hall–Kier alpha value is -1.80. The molecule has 0 fully saturated rings. The molecule has 0 aliphatic heterocycles. The molecule has 0 aliphatic rings. The Morgan fingerprint density at radius 1 is 1.27 bits per heavy atom. The summed E-state index contributed by atoms with van der Waals surface area (Å²) >= 11 is 0. The van der Waals surface area contributed by atoms with Crippen molar-refractivity contribution >= 4 is 21.5 Å². The van der Waals surface area contributed by atoms with Crippen LogP contribution in [0.3, 0.4) is 0 Å². The average molecular weight is 331 g/mol. The fourth-order valence-corrected chi connectivity index (χ4v) is 2.46. The van der Waals surface area contributed by atoms with Gasteiger partial charge < -0.3 is 10.4 Å². The standard InChI is InChI=1S/C14H18FNO5S/c1-9(17)7-13(18)16-12(8-15)14(19)10-3-5-11(6-4-10)22(2,20)21/h3-6,12,14,19H,7-8H2,1-2H3,(H,16,18). The molecule has 1 rings (SSSR count). The summed E-state index contributed by atoms with van der Waals surface area (Å²) < 4.78 is 35.7. The van der Waals surface area contributed by atoms with Crippen LogP contribution in [0.15, 0.2) is 29.2 Å². The van der Waals surface area contributed by atoms with Crippen LogP contribution in [0.25, 0.3) is 0 Å². The van der Waals surface area contributed by atoms with E-state index in [0.717, 1.165) is 6.26 Å². The van der Waals surface area contributed by atoms with Crippen molar-refractivity contribution in [1.82, 2.24) is 5.32 Å². The maximum Gasteiger partial charge on any atom is 0.227 e. The number of rotatable bonds is 7. The minimum Gasteiger partial charge on any atom is -0.386 e. The highest BCUT2D eigenvalue weighted by Crippen LogP contribution is 2.20. The Morgan fingerprint density at radius 3 is 2.23 bits per heavy atom. The van der Waals surface area contributed by atoms with Gasteiger partial charge in [0.25, 0.3) is 0 Å². The van der Waals surface area contributed by atoms with Gasteiger partial charge in [-0.2, -0.15) is 0 Å². The first-order valence-corrected chi connectivity index (χ1v) is 8.37. The van der Waals surface area contributed by atoms with Gasteiger partial charge in [0.05, 0.1) is 17.4 Å². The maximum atomic E-state index is 13.0. The third-order valence-corrected chi connectivity index (χ3v) is 4.08. The number of halogens is 1.